The van der Waals surface area contributed by atoms with Crippen LogP contribution in [0, 0.1) is 3.57 Å². The number of rotatable bonds is 3. The normalized spacial score (nSPS) is 10.2. The lowest BCUT2D eigenvalue weighted by molar-refractivity contribution is 0.102. The third kappa shape index (κ3) is 3.23. The molecule has 0 unspecified atom stereocenters. The maximum atomic E-state index is 12.0. The molecule has 19 heavy (non-hydrogen) atoms. The van der Waals surface area contributed by atoms with Crippen molar-refractivity contribution in [2.24, 2.45) is 5.73 Å². The molecule has 1 aromatic heterocycles. The number of H-pyrrole nitrogens is 1. The highest BCUT2D eigenvalue weighted by molar-refractivity contribution is 14.1. The number of carbonyl (C=O) groups is 1. The first-order chi connectivity index (χ1) is 8.99. The van der Waals surface area contributed by atoms with Gasteiger partial charge in [0, 0.05) is 9.13 Å². The number of benzene rings is 1. The highest BCUT2D eigenvalue weighted by atomic mass is 127. The second-order valence-electron chi connectivity index (χ2n) is 3.61. The van der Waals surface area contributed by atoms with Crippen molar-refractivity contribution in [3.63, 3.8) is 0 Å². The molecule has 0 radical (unpaired) electrons. The van der Waals surface area contributed by atoms with E-state index in [1.165, 1.54) is 6.20 Å². The van der Waals surface area contributed by atoms with Gasteiger partial charge in [-0.05, 0) is 40.8 Å². The maximum Gasteiger partial charge on any atom is 0.256 e. The number of hydrogen-bond acceptors (Lipinski definition) is 3. The summed E-state index contributed by atoms with van der Waals surface area (Å²) in [6.45, 7) is 0. The van der Waals surface area contributed by atoms with E-state index in [1.54, 1.807) is 18.2 Å². The number of hydrogen-bond donors (Lipinski definition) is 3. The fourth-order valence-corrected chi connectivity index (χ4v) is 2.06. The molecule has 1 heterocycles. The Morgan fingerprint density at radius 2 is 2.26 bits per heavy atom. The Labute approximate surface area is 133 Å². The highest BCUT2D eigenvalue weighted by Crippen LogP contribution is 2.20. The van der Waals surface area contributed by atoms with Crippen LogP contribution in [0.25, 0.3) is 0 Å². The molecule has 2 aromatic rings. The number of aromatic nitrogens is 2. The van der Waals surface area contributed by atoms with E-state index in [0.29, 0.717) is 22.0 Å². The molecule has 1 aromatic carbocycles. The van der Waals surface area contributed by atoms with Crippen LogP contribution in [-0.4, -0.2) is 21.1 Å². The Morgan fingerprint density at radius 3 is 2.89 bits per heavy atom. The smallest absolute Gasteiger partial charge is 0.256 e. The van der Waals surface area contributed by atoms with E-state index in [2.05, 4.69) is 38.1 Å². The van der Waals surface area contributed by atoms with Gasteiger partial charge in [0.2, 0.25) is 0 Å². The zero-order valence-electron chi connectivity index (χ0n) is 9.41. The van der Waals surface area contributed by atoms with E-state index in [1.807, 2.05) is 0 Å². The molecule has 0 aliphatic heterocycles. The zero-order chi connectivity index (χ0) is 14.0. The molecule has 0 fully saturated rings. The van der Waals surface area contributed by atoms with Crippen LogP contribution in [0.2, 0.25) is 5.02 Å². The van der Waals surface area contributed by atoms with E-state index in [4.69, 9.17) is 29.6 Å². The Kier molecular flexibility index (Phi) is 4.38. The number of halogens is 2. The Morgan fingerprint density at radius 1 is 1.53 bits per heavy atom. The largest absolute Gasteiger partial charge is 0.389 e. The molecule has 0 bridgehead atoms. The lowest BCUT2D eigenvalue weighted by atomic mass is 10.2. The van der Waals surface area contributed by atoms with Gasteiger partial charge in [-0.25, -0.2) is 0 Å². The predicted octanol–water partition coefficient (Wildman–Crippen LogP) is 2.55. The number of thiocarbonyl (C=S) groups is 1. The molecular formula is C11H8ClIN4OS. The summed E-state index contributed by atoms with van der Waals surface area (Å²) in [6, 6.07) is 5.04. The number of amides is 1. The highest BCUT2D eigenvalue weighted by Gasteiger charge is 2.13. The van der Waals surface area contributed by atoms with Crippen LogP contribution in [0.5, 0.6) is 0 Å². The van der Waals surface area contributed by atoms with Crippen LogP contribution >= 0.6 is 46.4 Å². The molecule has 0 atom stereocenters. The van der Waals surface area contributed by atoms with Crippen LogP contribution in [-0.2, 0) is 0 Å². The van der Waals surface area contributed by atoms with Crippen LogP contribution in [0.4, 0.5) is 5.82 Å². The van der Waals surface area contributed by atoms with Crippen LogP contribution in [0.3, 0.4) is 0 Å². The first-order valence-corrected chi connectivity index (χ1v) is 6.95. The lowest BCUT2D eigenvalue weighted by Gasteiger charge is -2.06. The fraction of sp³-hybridized carbons (Fsp3) is 0. The monoisotopic (exact) mass is 406 g/mol. The molecule has 0 spiro atoms. The van der Waals surface area contributed by atoms with E-state index in [9.17, 15) is 4.79 Å². The molecule has 1 amide bonds. The summed E-state index contributed by atoms with van der Waals surface area (Å²) >= 11 is 12.9. The van der Waals surface area contributed by atoms with Gasteiger partial charge in [-0.15, -0.1) is 0 Å². The summed E-state index contributed by atoms with van der Waals surface area (Å²) in [7, 11) is 0. The molecular weight excluding hydrogens is 399 g/mol. The molecule has 5 nitrogen and oxygen atoms in total. The maximum absolute atomic E-state index is 12.0. The van der Waals surface area contributed by atoms with Crippen molar-refractivity contribution in [2.45, 2.75) is 0 Å². The van der Waals surface area contributed by atoms with Gasteiger partial charge in [0.1, 0.15) is 10.8 Å². The summed E-state index contributed by atoms with van der Waals surface area (Å²) in [5.74, 6) is 0.0484. The van der Waals surface area contributed by atoms with Crippen LogP contribution in [0.1, 0.15) is 15.9 Å². The van der Waals surface area contributed by atoms with Crippen molar-refractivity contribution < 1.29 is 4.79 Å². The fourth-order valence-electron chi connectivity index (χ4n) is 1.39. The molecule has 0 aliphatic carbocycles. The van der Waals surface area contributed by atoms with E-state index >= 15 is 0 Å². The van der Waals surface area contributed by atoms with Gasteiger partial charge in [-0.2, -0.15) is 5.10 Å². The summed E-state index contributed by atoms with van der Waals surface area (Å²) in [6.07, 6.45) is 1.46. The summed E-state index contributed by atoms with van der Waals surface area (Å²) in [5, 5.41) is 9.59. The topological polar surface area (TPSA) is 83.8 Å². The minimum Gasteiger partial charge on any atom is -0.389 e. The van der Waals surface area contributed by atoms with Gasteiger partial charge in [0.05, 0.1) is 16.8 Å². The zero-order valence-corrected chi connectivity index (χ0v) is 13.1. The van der Waals surface area contributed by atoms with E-state index < -0.39 is 0 Å². The lowest BCUT2D eigenvalue weighted by Crippen LogP contribution is -2.17. The molecule has 98 valence electrons. The number of nitrogens with zero attached hydrogens (tertiary/aromatic N) is 1. The second kappa shape index (κ2) is 5.85. The van der Waals surface area contributed by atoms with Gasteiger partial charge in [0.25, 0.3) is 5.91 Å². The number of anilines is 1. The molecule has 0 aliphatic rings. The van der Waals surface area contributed by atoms with Crippen molar-refractivity contribution in [2.75, 3.05) is 5.32 Å². The van der Waals surface area contributed by atoms with Gasteiger partial charge in [-0.3, -0.25) is 9.89 Å². The molecule has 4 N–H and O–H groups in total. The summed E-state index contributed by atoms with van der Waals surface area (Å²) in [4.78, 5) is 12.2. The van der Waals surface area contributed by atoms with Crippen molar-refractivity contribution in [3.8, 4) is 0 Å². The number of nitrogens with one attached hydrogen (secondary N) is 2. The SMILES string of the molecule is NC(=S)c1cn[nH]c1NC(=O)c1ccc(I)c(Cl)c1. The van der Waals surface area contributed by atoms with Crippen molar-refractivity contribution >= 4 is 63.1 Å². The number of carbonyl (C=O) groups excluding carboxylic acids is 1. The second-order valence-corrected chi connectivity index (χ2v) is 5.62. The van der Waals surface area contributed by atoms with E-state index in [-0.39, 0.29) is 10.9 Å². The first-order valence-electron chi connectivity index (χ1n) is 5.08. The van der Waals surface area contributed by atoms with Gasteiger partial charge < -0.3 is 11.1 Å². The van der Waals surface area contributed by atoms with Crippen LogP contribution in [0.15, 0.2) is 24.4 Å². The summed E-state index contributed by atoms with van der Waals surface area (Å²) in [5.41, 5.74) is 6.44. The Balaban J connectivity index is 2.23. The van der Waals surface area contributed by atoms with Crippen molar-refractivity contribution in [3.05, 3.63) is 44.1 Å². The first kappa shape index (κ1) is 14.2. The minimum absolute atomic E-state index is 0.157. The van der Waals surface area contributed by atoms with Gasteiger partial charge in [-0.1, -0.05) is 23.8 Å². The minimum atomic E-state index is -0.319. The summed E-state index contributed by atoms with van der Waals surface area (Å²) < 4.78 is 0.876. The van der Waals surface area contributed by atoms with Crippen molar-refractivity contribution in [1.29, 1.82) is 0 Å². The molecule has 0 saturated carbocycles. The molecule has 8 heteroatoms. The third-order valence-corrected chi connectivity index (χ3v) is 4.12. The average molecular weight is 407 g/mol. The van der Waals surface area contributed by atoms with Gasteiger partial charge in [0.15, 0.2) is 0 Å². The predicted molar refractivity (Wildman–Crippen MR) is 86.6 cm³/mol. The molecule has 2 rings (SSSR count). The number of nitrogens with two attached hydrogens (primary N) is 1. The quantitative estimate of drug-likeness (QED) is 0.540. The molecule has 0 saturated heterocycles. The van der Waals surface area contributed by atoms with E-state index in [0.717, 1.165) is 3.57 Å². The van der Waals surface area contributed by atoms with Crippen molar-refractivity contribution in [1.82, 2.24) is 10.2 Å². The Hall–Kier alpha value is -1.19. The van der Waals surface area contributed by atoms with Gasteiger partial charge >= 0.3 is 0 Å². The van der Waals surface area contributed by atoms with Crippen LogP contribution < -0.4 is 11.1 Å². The average Bonchev–Trinajstić information content (AvgIpc) is 2.80. The Bertz CT molecular complexity index is 658. The third-order valence-electron chi connectivity index (χ3n) is 2.33. The standard InChI is InChI=1S/C11H8ClIN4OS/c12-7-3-5(1-2-8(7)13)11(18)16-10-6(9(14)19)4-15-17-10/h1-4H,(H2,14,19)(H2,15,16,17,18). The number of aromatic amines is 1.